The number of urea groups is 1. The lowest BCUT2D eigenvalue weighted by molar-refractivity contribution is -0.117. The number of hydrogen-bond acceptors (Lipinski definition) is 4. The summed E-state index contributed by atoms with van der Waals surface area (Å²) in [4.78, 5) is 25.9. The van der Waals surface area contributed by atoms with Crippen LogP contribution in [0, 0.1) is 0 Å². The summed E-state index contributed by atoms with van der Waals surface area (Å²) in [5, 5.41) is 5.70. The number of amides is 3. The fourth-order valence-electron chi connectivity index (χ4n) is 2.82. The van der Waals surface area contributed by atoms with Gasteiger partial charge in [0.1, 0.15) is 13.2 Å². The summed E-state index contributed by atoms with van der Waals surface area (Å²) >= 11 is 0. The first-order valence-electron chi connectivity index (χ1n) is 8.10. The Labute approximate surface area is 141 Å². The number of carbonyl (C=O) groups is 2. The van der Waals surface area contributed by atoms with Crippen LogP contribution >= 0.6 is 0 Å². The number of hydrogen-bond donors (Lipinski definition) is 2. The molecule has 0 saturated carbocycles. The van der Waals surface area contributed by atoms with Crippen LogP contribution in [-0.2, 0) is 4.79 Å². The summed E-state index contributed by atoms with van der Waals surface area (Å²) in [7, 11) is 0. The molecule has 2 aliphatic heterocycles. The quantitative estimate of drug-likeness (QED) is 0.863. The highest BCUT2D eigenvalue weighted by Gasteiger charge is 2.32. The van der Waals surface area contributed by atoms with E-state index in [2.05, 4.69) is 10.6 Å². The van der Waals surface area contributed by atoms with Crippen LogP contribution < -0.4 is 25.0 Å². The molecule has 3 rings (SSSR count). The number of anilines is 1. The minimum atomic E-state index is -0.317. The molecule has 2 aliphatic rings. The molecule has 1 unspecified atom stereocenters. The second kappa shape index (κ2) is 6.22. The SMILES string of the molecule is CC(C)(C)NC(=O)NC1CC(=O)N(c2ccc3c(c2)OCCO3)C1. The first kappa shape index (κ1) is 16.4. The van der Waals surface area contributed by atoms with Crippen LogP contribution in [0.5, 0.6) is 11.5 Å². The van der Waals surface area contributed by atoms with Crippen LogP contribution in [0.1, 0.15) is 27.2 Å². The lowest BCUT2D eigenvalue weighted by Crippen LogP contribution is -2.50. The van der Waals surface area contributed by atoms with Gasteiger partial charge in [0, 0.05) is 30.3 Å². The van der Waals surface area contributed by atoms with Crippen molar-refractivity contribution in [2.75, 3.05) is 24.7 Å². The average molecular weight is 333 g/mol. The number of nitrogens with zero attached hydrogens (tertiary/aromatic N) is 1. The second-order valence-corrected chi connectivity index (χ2v) is 7.08. The molecule has 7 heteroatoms. The molecule has 2 N–H and O–H groups in total. The molecule has 0 aromatic heterocycles. The van der Waals surface area contributed by atoms with Crippen LogP contribution in [0.3, 0.4) is 0 Å². The molecule has 2 heterocycles. The third kappa shape index (κ3) is 3.72. The van der Waals surface area contributed by atoms with Gasteiger partial charge in [0.2, 0.25) is 5.91 Å². The zero-order valence-electron chi connectivity index (χ0n) is 14.2. The van der Waals surface area contributed by atoms with Gasteiger partial charge >= 0.3 is 6.03 Å². The van der Waals surface area contributed by atoms with Crippen molar-refractivity contribution in [3.8, 4) is 11.5 Å². The van der Waals surface area contributed by atoms with E-state index in [0.29, 0.717) is 31.3 Å². The van der Waals surface area contributed by atoms with Crippen molar-refractivity contribution in [1.82, 2.24) is 10.6 Å². The van der Waals surface area contributed by atoms with Gasteiger partial charge in [-0.05, 0) is 32.9 Å². The van der Waals surface area contributed by atoms with Gasteiger partial charge in [0.25, 0.3) is 0 Å². The Balaban J connectivity index is 1.66. The van der Waals surface area contributed by atoms with Crippen molar-refractivity contribution < 1.29 is 19.1 Å². The van der Waals surface area contributed by atoms with Gasteiger partial charge in [0.15, 0.2) is 11.5 Å². The van der Waals surface area contributed by atoms with Gasteiger partial charge in [-0.15, -0.1) is 0 Å². The third-order valence-corrected chi connectivity index (χ3v) is 3.79. The molecular weight excluding hydrogens is 310 g/mol. The summed E-state index contributed by atoms with van der Waals surface area (Å²) < 4.78 is 11.1. The summed E-state index contributed by atoms with van der Waals surface area (Å²) in [6.45, 7) is 7.21. The number of benzene rings is 1. The van der Waals surface area contributed by atoms with E-state index < -0.39 is 0 Å². The number of ether oxygens (including phenoxy) is 2. The molecule has 1 fully saturated rings. The average Bonchev–Trinajstić information content (AvgIpc) is 2.85. The number of rotatable bonds is 2. The van der Waals surface area contributed by atoms with Crippen LogP contribution in [0.2, 0.25) is 0 Å². The lowest BCUT2D eigenvalue weighted by atomic mass is 10.1. The Morgan fingerprint density at radius 2 is 1.92 bits per heavy atom. The number of carbonyl (C=O) groups excluding carboxylic acids is 2. The molecule has 1 aromatic carbocycles. The molecule has 130 valence electrons. The van der Waals surface area contributed by atoms with Gasteiger partial charge in [-0.3, -0.25) is 4.79 Å². The monoisotopic (exact) mass is 333 g/mol. The molecule has 1 saturated heterocycles. The molecule has 0 bridgehead atoms. The van der Waals surface area contributed by atoms with Crippen molar-refractivity contribution in [2.24, 2.45) is 0 Å². The molecule has 0 spiro atoms. The fourth-order valence-corrected chi connectivity index (χ4v) is 2.82. The molecule has 1 aromatic rings. The summed E-state index contributed by atoms with van der Waals surface area (Å²) in [6, 6.07) is 4.98. The zero-order valence-corrected chi connectivity index (χ0v) is 14.2. The maximum atomic E-state index is 12.3. The minimum absolute atomic E-state index is 0.0206. The summed E-state index contributed by atoms with van der Waals surface area (Å²) in [5.74, 6) is 1.32. The van der Waals surface area contributed by atoms with Crippen molar-refractivity contribution in [1.29, 1.82) is 0 Å². The standard InChI is InChI=1S/C17H23N3O4/c1-17(2,3)19-16(22)18-11-8-15(21)20(10-11)12-4-5-13-14(9-12)24-7-6-23-13/h4-5,9,11H,6-8,10H2,1-3H3,(H2,18,19,22). The highest BCUT2D eigenvalue weighted by molar-refractivity contribution is 5.97. The van der Waals surface area contributed by atoms with Gasteiger partial charge < -0.3 is 25.0 Å². The van der Waals surface area contributed by atoms with Gasteiger partial charge in [-0.25, -0.2) is 4.79 Å². The van der Waals surface area contributed by atoms with Crippen molar-refractivity contribution in [2.45, 2.75) is 38.8 Å². The van der Waals surface area contributed by atoms with E-state index in [4.69, 9.17) is 9.47 Å². The van der Waals surface area contributed by atoms with E-state index in [-0.39, 0.29) is 29.9 Å². The second-order valence-electron chi connectivity index (χ2n) is 7.08. The van der Waals surface area contributed by atoms with Crippen LogP contribution in [0.4, 0.5) is 10.5 Å². The van der Waals surface area contributed by atoms with Gasteiger partial charge in [-0.2, -0.15) is 0 Å². The highest BCUT2D eigenvalue weighted by Crippen LogP contribution is 2.35. The van der Waals surface area contributed by atoms with E-state index in [0.717, 1.165) is 5.69 Å². The molecule has 0 aliphatic carbocycles. The minimum Gasteiger partial charge on any atom is -0.486 e. The topological polar surface area (TPSA) is 79.9 Å². The Bertz CT molecular complexity index is 654. The van der Waals surface area contributed by atoms with Crippen LogP contribution in [0.15, 0.2) is 18.2 Å². The molecular formula is C17H23N3O4. The van der Waals surface area contributed by atoms with Crippen LogP contribution in [-0.4, -0.2) is 43.3 Å². The number of nitrogens with one attached hydrogen (secondary N) is 2. The smallest absolute Gasteiger partial charge is 0.315 e. The van der Waals surface area contributed by atoms with E-state index in [1.807, 2.05) is 39.0 Å². The van der Waals surface area contributed by atoms with Crippen molar-refractivity contribution >= 4 is 17.6 Å². The van der Waals surface area contributed by atoms with Gasteiger partial charge in [-0.1, -0.05) is 0 Å². The third-order valence-electron chi connectivity index (χ3n) is 3.79. The van der Waals surface area contributed by atoms with E-state index >= 15 is 0 Å². The Kier molecular flexibility index (Phi) is 4.26. The number of fused-ring (bicyclic) bond motifs is 1. The molecule has 3 amide bonds. The van der Waals surface area contributed by atoms with E-state index in [1.165, 1.54) is 0 Å². The maximum absolute atomic E-state index is 12.3. The highest BCUT2D eigenvalue weighted by atomic mass is 16.6. The Morgan fingerprint density at radius 3 is 2.62 bits per heavy atom. The van der Waals surface area contributed by atoms with E-state index in [1.54, 1.807) is 4.90 Å². The maximum Gasteiger partial charge on any atom is 0.315 e. The lowest BCUT2D eigenvalue weighted by Gasteiger charge is -2.23. The Hall–Kier alpha value is -2.44. The molecule has 1 atom stereocenters. The normalized spacial score (nSPS) is 20.0. The zero-order chi connectivity index (χ0) is 17.3. The van der Waals surface area contributed by atoms with Crippen LogP contribution in [0.25, 0.3) is 0 Å². The molecule has 7 nitrogen and oxygen atoms in total. The Morgan fingerprint density at radius 1 is 1.21 bits per heavy atom. The fraction of sp³-hybridized carbons (Fsp3) is 0.529. The molecule has 24 heavy (non-hydrogen) atoms. The first-order valence-corrected chi connectivity index (χ1v) is 8.10. The largest absolute Gasteiger partial charge is 0.486 e. The predicted octanol–water partition coefficient (Wildman–Crippen LogP) is 1.66. The van der Waals surface area contributed by atoms with Crippen molar-refractivity contribution in [3.05, 3.63) is 18.2 Å². The summed E-state index contributed by atoms with van der Waals surface area (Å²) in [6.07, 6.45) is 0.284. The summed E-state index contributed by atoms with van der Waals surface area (Å²) in [5.41, 5.74) is 0.437. The van der Waals surface area contributed by atoms with E-state index in [9.17, 15) is 9.59 Å². The first-order chi connectivity index (χ1) is 11.3. The van der Waals surface area contributed by atoms with Crippen molar-refractivity contribution in [3.63, 3.8) is 0 Å². The molecule has 0 radical (unpaired) electrons. The van der Waals surface area contributed by atoms with Gasteiger partial charge in [0.05, 0.1) is 6.04 Å². The predicted molar refractivity (Wildman–Crippen MR) is 89.6 cm³/mol.